The van der Waals surface area contributed by atoms with Crippen LogP contribution in [0, 0.1) is 13.8 Å². The van der Waals surface area contributed by atoms with Crippen LogP contribution in [-0.4, -0.2) is 55.3 Å². The predicted molar refractivity (Wildman–Crippen MR) is 102 cm³/mol. The molecule has 0 aliphatic carbocycles. The summed E-state index contributed by atoms with van der Waals surface area (Å²) in [5.41, 5.74) is 2.86. The molecule has 2 aromatic rings. The molecule has 1 aromatic heterocycles. The van der Waals surface area contributed by atoms with Crippen LogP contribution >= 0.6 is 0 Å². The SMILES string of the molecule is Cc1ccc(C(=O)NCCNc2cc(N3CCOCC3)ncn2)c(C)c1. The van der Waals surface area contributed by atoms with Crippen molar-refractivity contribution in [2.45, 2.75) is 13.8 Å². The van der Waals surface area contributed by atoms with E-state index >= 15 is 0 Å². The molecular formula is C19H25N5O2. The van der Waals surface area contributed by atoms with Crippen LogP contribution in [0.2, 0.25) is 0 Å². The van der Waals surface area contributed by atoms with Crippen molar-refractivity contribution in [2.75, 3.05) is 49.6 Å². The van der Waals surface area contributed by atoms with Gasteiger partial charge in [0.2, 0.25) is 0 Å². The quantitative estimate of drug-likeness (QED) is 0.769. The van der Waals surface area contributed by atoms with Crippen molar-refractivity contribution in [3.8, 4) is 0 Å². The van der Waals surface area contributed by atoms with E-state index in [1.165, 1.54) is 0 Å². The zero-order valence-corrected chi connectivity index (χ0v) is 15.3. The average Bonchev–Trinajstić information content (AvgIpc) is 2.66. The van der Waals surface area contributed by atoms with Gasteiger partial charge >= 0.3 is 0 Å². The molecule has 0 unspecified atom stereocenters. The van der Waals surface area contributed by atoms with Gasteiger partial charge in [-0.05, 0) is 25.5 Å². The number of rotatable bonds is 6. The molecule has 1 saturated heterocycles. The number of benzene rings is 1. The average molecular weight is 355 g/mol. The summed E-state index contributed by atoms with van der Waals surface area (Å²) < 4.78 is 5.36. The maximum atomic E-state index is 12.3. The molecule has 1 aromatic carbocycles. The van der Waals surface area contributed by atoms with E-state index in [0.717, 1.165) is 49.1 Å². The minimum Gasteiger partial charge on any atom is -0.378 e. The van der Waals surface area contributed by atoms with Gasteiger partial charge in [-0.3, -0.25) is 4.79 Å². The first-order valence-electron chi connectivity index (χ1n) is 8.87. The largest absolute Gasteiger partial charge is 0.378 e. The second kappa shape index (κ2) is 8.62. The lowest BCUT2D eigenvalue weighted by Crippen LogP contribution is -2.36. The Morgan fingerprint density at radius 2 is 1.96 bits per heavy atom. The highest BCUT2D eigenvalue weighted by Gasteiger charge is 2.13. The van der Waals surface area contributed by atoms with E-state index in [0.29, 0.717) is 18.7 Å². The van der Waals surface area contributed by atoms with Crippen LogP contribution in [0.4, 0.5) is 11.6 Å². The van der Waals surface area contributed by atoms with Gasteiger partial charge in [0.25, 0.3) is 5.91 Å². The molecule has 1 fully saturated rings. The smallest absolute Gasteiger partial charge is 0.251 e. The van der Waals surface area contributed by atoms with Gasteiger partial charge in [-0.15, -0.1) is 0 Å². The lowest BCUT2D eigenvalue weighted by Gasteiger charge is -2.27. The van der Waals surface area contributed by atoms with Crippen LogP contribution in [0.15, 0.2) is 30.6 Å². The number of morpholine rings is 1. The molecule has 138 valence electrons. The number of hydrogen-bond acceptors (Lipinski definition) is 6. The van der Waals surface area contributed by atoms with Crippen molar-refractivity contribution < 1.29 is 9.53 Å². The van der Waals surface area contributed by atoms with E-state index in [4.69, 9.17) is 4.74 Å². The maximum absolute atomic E-state index is 12.3. The highest BCUT2D eigenvalue weighted by molar-refractivity contribution is 5.95. The number of ether oxygens (including phenoxy) is 1. The number of nitrogens with zero attached hydrogens (tertiary/aromatic N) is 3. The summed E-state index contributed by atoms with van der Waals surface area (Å²) in [4.78, 5) is 23.0. The van der Waals surface area contributed by atoms with Gasteiger partial charge in [0.15, 0.2) is 0 Å². The number of aryl methyl sites for hydroxylation is 2. The lowest BCUT2D eigenvalue weighted by molar-refractivity contribution is 0.0954. The molecule has 0 radical (unpaired) electrons. The number of carbonyl (C=O) groups excluding carboxylic acids is 1. The highest BCUT2D eigenvalue weighted by atomic mass is 16.5. The van der Waals surface area contributed by atoms with E-state index in [2.05, 4.69) is 25.5 Å². The molecule has 0 atom stereocenters. The summed E-state index contributed by atoms with van der Waals surface area (Å²) in [6.45, 7) is 8.19. The van der Waals surface area contributed by atoms with Gasteiger partial charge in [0.1, 0.15) is 18.0 Å². The maximum Gasteiger partial charge on any atom is 0.251 e. The predicted octanol–water partition coefficient (Wildman–Crippen LogP) is 1.77. The Balaban J connectivity index is 1.48. The molecule has 0 spiro atoms. The van der Waals surface area contributed by atoms with Crippen LogP contribution in [0.5, 0.6) is 0 Å². The third kappa shape index (κ3) is 4.70. The minimum absolute atomic E-state index is 0.0546. The van der Waals surface area contributed by atoms with E-state index < -0.39 is 0 Å². The molecule has 2 heterocycles. The second-order valence-corrected chi connectivity index (χ2v) is 6.36. The van der Waals surface area contributed by atoms with Gasteiger partial charge in [0.05, 0.1) is 13.2 Å². The third-order valence-electron chi connectivity index (χ3n) is 4.33. The summed E-state index contributed by atoms with van der Waals surface area (Å²) in [5.74, 6) is 1.59. The van der Waals surface area contributed by atoms with E-state index in [1.54, 1.807) is 6.33 Å². The topological polar surface area (TPSA) is 79.4 Å². The van der Waals surface area contributed by atoms with Crippen molar-refractivity contribution in [3.05, 3.63) is 47.3 Å². The Labute approximate surface area is 153 Å². The van der Waals surface area contributed by atoms with E-state index in [9.17, 15) is 4.79 Å². The van der Waals surface area contributed by atoms with Crippen LogP contribution in [0.25, 0.3) is 0 Å². The first-order chi connectivity index (χ1) is 12.6. The van der Waals surface area contributed by atoms with E-state index in [-0.39, 0.29) is 5.91 Å². The standard InChI is InChI=1S/C19H25N5O2/c1-14-3-4-16(15(2)11-14)19(25)21-6-5-20-17-12-18(23-13-22-17)24-7-9-26-10-8-24/h3-4,11-13H,5-10H2,1-2H3,(H,21,25)(H,20,22,23). The molecule has 0 bridgehead atoms. The fourth-order valence-corrected chi connectivity index (χ4v) is 2.94. The Morgan fingerprint density at radius 1 is 1.15 bits per heavy atom. The molecule has 7 heteroatoms. The summed E-state index contributed by atoms with van der Waals surface area (Å²) in [5, 5.41) is 6.17. The molecule has 2 N–H and O–H groups in total. The summed E-state index contributed by atoms with van der Waals surface area (Å²) in [6.07, 6.45) is 1.56. The number of anilines is 2. The van der Waals surface area contributed by atoms with Gasteiger partial charge in [-0.2, -0.15) is 0 Å². The molecule has 0 saturated carbocycles. The molecule has 3 rings (SSSR count). The molecule has 26 heavy (non-hydrogen) atoms. The summed E-state index contributed by atoms with van der Waals surface area (Å²) in [6, 6.07) is 7.76. The van der Waals surface area contributed by atoms with E-state index in [1.807, 2.05) is 38.1 Å². The Morgan fingerprint density at radius 3 is 2.73 bits per heavy atom. The fraction of sp³-hybridized carbons (Fsp3) is 0.421. The Bertz CT molecular complexity index is 759. The van der Waals surface area contributed by atoms with Gasteiger partial charge in [-0.25, -0.2) is 9.97 Å². The number of hydrogen-bond donors (Lipinski definition) is 2. The first-order valence-corrected chi connectivity index (χ1v) is 8.87. The van der Waals surface area contributed by atoms with Crippen LogP contribution in [-0.2, 0) is 4.74 Å². The fourth-order valence-electron chi connectivity index (χ4n) is 2.94. The van der Waals surface area contributed by atoms with Crippen LogP contribution in [0.3, 0.4) is 0 Å². The van der Waals surface area contributed by atoms with Crippen LogP contribution < -0.4 is 15.5 Å². The van der Waals surface area contributed by atoms with Crippen molar-refractivity contribution in [1.29, 1.82) is 0 Å². The minimum atomic E-state index is -0.0546. The summed E-state index contributed by atoms with van der Waals surface area (Å²) >= 11 is 0. The number of amides is 1. The molecular weight excluding hydrogens is 330 g/mol. The zero-order valence-electron chi connectivity index (χ0n) is 15.3. The van der Waals surface area contributed by atoms with Gasteiger partial charge in [-0.1, -0.05) is 17.7 Å². The number of nitrogens with one attached hydrogen (secondary N) is 2. The second-order valence-electron chi connectivity index (χ2n) is 6.36. The first kappa shape index (κ1) is 18.1. The zero-order chi connectivity index (χ0) is 18.4. The monoisotopic (exact) mass is 355 g/mol. The highest BCUT2D eigenvalue weighted by Crippen LogP contribution is 2.15. The van der Waals surface area contributed by atoms with Gasteiger partial charge in [0, 0.05) is 37.8 Å². The van der Waals surface area contributed by atoms with Crippen molar-refractivity contribution in [3.63, 3.8) is 0 Å². The number of aromatic nitrogens is 2. The summed E-state index contributed by atoms with van der Waals surface area (Å²) in [7, 11) is 0. The van der Waals surface area contributed by atoms with Crippen molar-refractivity contribution in [1.82, 2.24) is 15.3 Å². The molecule has 1 amide bonds. The molecule has 1 aliphatic heterocycles. The van der Waals surface area contributed by atoms with Crippen molar-refractivity contribution >= 4 is 17.5 Å². The normalized spacial score (nSPS) is 14.2. The molecule has 7 nitrogen and oxygen atoms in total. The van der Waals surface area contributed by atoms with Crippen molar-refractivity contribution in [2.24, 2.45) is 0 Å². The Hall–Kier alpha value is -2.67. The number of carbonyl (C=O) groups is 1. The van der Waals surface area contributed by atoms with Crippen LogP contribution in [0.1, 0.15) is 21.5 Å². The Kier molecular flexibility index (Phi) is 6.01. The third-order valence-corrected chi connectivity index (χ3v) is 4.33. The lowest BCUT2D eigenvalue weighted by atomic mass is 10.1. The molecule has 1 aliphatic rings. The van der Waals surface area contributed by atoms with Gasteiger partial charge < -0.3 is 20.3 Å².